The van der Waals surface area contributed by atoms with Crippen molar-refractivity contribution >= 4 is 17.0 Å². The van der Waals surface area contributed by atoms with Crippen molar-refractivity contribution in [3.05, 3.63) is 82.0 Å². The monoisotopic (exact) mass is 362 g/mol. The third kappa shape index (κ3) is 2.47. The molecule has 2 aliphatic heterocycles. The van der Waals surface area contributed by atoms with E-state index >= 15 is 0 Å². The van der Waals surface area contributed by atoms with Gasteiger partial charge in [0.05, 0.1) is 18.9 Å². The number of benzene rings is 2. The van der Waals surface area contributed by atoms with Crippen molar-refractivity contribution in [2.45, 2.75) is 18.7 Å². The van der Waals surface area contributed by atoms with E-state index in [1.54, 1.807) is 18.4 Å². The van der Waals surface area contributed by atoms with Crippen LogP contribution in [0.2, 0.25) is 0 Å². The van der Waals surface area contributed by atoms with Gasteiger partial charge in [-0.2, -0.15) is 16.4 Å². The van der Waals surface area contributed by atoms with E-state index in [1.165, 1.54) is 5.56 Å². The molecule has 2 aliphatic rings. The maximum Gasteiger partial charge on any atom is 0.214 e. The zero-order valence-electron chi connectivity index (χ0n) is 14.3. The molecule has 0 unspecified atom stereocenters. The van der Waals surface area contributed by atoms with Gasteiger partial charge in [-0.15, -0.1) is 0 Å². The molecule has 0 N–H and O–H groups in total. The highest BCUT2D eigenvalue weighted by Gasteiger charge is 2.40. The number of nitrogens with zero attached hydrogens (tertiary/aromatic N) is 2. The Hall–Kier alpha value is -2.79. The molecule has 3 heterocycles. The van der Waals surface area contributed by atoms with Crippen LogP contribution < -0.4 is 9.47 Å². The normalized spacial score (nSPS) is 20.8. The summed E-state index contributed by atoms with van der Waals surface area (Å²) in [6.45, 7) is 0. The molecule has 2 atom stereocenters. The summed E-state index contributed by atoms with van der Waals surface area (Å²) >= 11 is 1.68. The van der Waals surface area contributed by atoms with Gasteiger partial charge in [-0.05, 0) is 52.7 Å². The fraction of sp³-hybridized carbons (Fsp3) is 0.190. The zero-order valence-corrected chi connectivity index (χ0v) is 15.1. The molecule has 0 amide bonds. The van der Waals surface area contributed by atoms with Crippen molar-refractivity contribution < 1.29 is 9.47 Å². The Labute approximate surface area is 156 Å². The van der Waals surface area contributed by atoms with E-state index in [2.05, 4.69) is 52.2 Å². The van der Waals surface area contributed by atoms with Crippen LogP contribution in [0, 0.1) is 0 Å². The molecule has 2 aromatic carbocycles. The Morgan fingerprint density at radius 1 is 1.12 bits per heavy atom. The molecule has 26 heavy (non-hydrogen) atoms. The molecule has 0 aliphatic carbocycles. The smallest absolute Gasteiger partial charge is 0.214 e. The maximum absolute atomic E-state index is 6.32. The molecule has 3 aromatic rings. The van der Waals surface area contributed by atoms with Gasteiger partial charge in [0.1, 0.15) is 11.5 Å². The van der Waals surface area contributed by atoms with Gasteiger partial charge in [0.25, 0.3) is 0 Å². The minimum absolute atomic E-state index is 0.183. The van der Waals surface area contributed by atoms with Gasteiger partial charge in [0.2, 0.25) is 6.23 Å². The van der Waals surface area contributed by atoms with E-state index in [0.29, 0.717) is 0 Å². The minimum Gasteiger partial charge on any atom is -0.497 e. The van der Waals surface area contributed by atoms with Gasteiger partial charge in [-0.1, -0.05) is 18.2 Å². The summed E-state index contributed by atoms with van der Waals surface area (Å²) in [5.74, 6) is 1.81. The SMILES string of the molecule is COc1ccc(C2=NN3[C@@H](c4ccsc4)Oc4ccccc4[C@@H]3C2)cc1. The average molecular weight is 362 g/mol. The van der Waals surface area contributed by atoms with Crippen LogP contribution in [0.5, 0.6) is 11.5 Å². The van der Waals surface area contributed by atoms with Gasteiger partial charge >= 0.3 is 0 Å². The number of hydrogen-bond donors (Lipinski definition) is 0. The van der Waals surface area contributed by atoms with Crippen LogP contribution in [0.25, 0.3) is 0 Å². The molecule has 0 radical (unpaired) electrons. The van der Waals surface area contributed by atoms with Crippen molar-refractivity contribution in [3.63, 3.8) is 0 Å². The fourth-order valence-electron chi connectivity index (χ4n) is 3.63. The zero-order chi connectivity index (χ0) is 17.5. The summed E-state index contributed by atoms with van der Waals surface area (Å²) < 4.78 is 11.6. The molecule has 5 heteroatoms. The van der Waals surface area contributed by atoms with E-state index in [1.807, 2.05) is 18.2 Å². The second-order valence-corrected chi connectivity index (χ2v) is 7.22. The molecule has 0 spiro atoms. The highest BCUT2D eigenvalue weighted by Crippen LogP contribution is 2.47. The molecule has 4 nitrogen and oxygen atoms in total. The molecule has 0 saturated heterocycles. The average Bonchev–Trinajstić information content (AvgIpc) is 3.37. The number of methoxy groups -OCH3 is 1. The molecule has 0 bridgehead atoms. The first-order chi connectivity index (χ1) is 12.8. The highest BCUT2D eigenvalue weighted by molar-refractivity contribution is 7.07. The van der Waals surface area contributed by atoms with Gasteiger partial charge in [-0.3, -0.25) is 0 Å². The van der Waals surface area contributed by atoms with Crippen molar-refractivity contribution in [1.82, 2.24) is 5.01 Å². The van der Waals surface area contributed by atoms with Crippen LogP contribution in [0.15, 0.2) is 70.5 Å². The molecule has 1 aromatic heterocycles. The Morgan fingerprint density at radius 3 is 2.73 bits per heavy atom. The van der Waals surface area contributed by atoms with Crippen molar-refractivity contribution in [2.75, 3.05) is 7.11 Å². The van der Waals surface area contributed by atoms with Crippen LogP contribution in [-0.4, -0.2) is 17.8 Å². The summed E-state index contributed by atoms with van der Waals surface area (Å²) in [6, 6.07) is 18.7. The number of fused-ring (bicyclic) bond motifs is 3. The van der Waals surface area contributed by atoms with Crippen LogP contribution in [0.1, 0.15) is 35.4 Å². The first-order valence-electron chi connectivity index (χ1n) is 8.61. The van der Waals surface area contributed by atoms with Crippen LogP contribution in [0.4, 0.5) is 0 Å². The number of rotatable bonds is 3. The first-order valence-corrected chi connectivity index (χ1v) is 9.55. The topological polar surface area (TPSA) is 34.1 Å². The Morgan fingerprint density at radius 2 is 1.96 bits per heavy atom. The summed E-state index contributed by atoms with van der Waals surface area (Å²) in [7, 11) is 1.68. The summed E-state index contributed by atoms with van der Waals surface area (Å²) in [4.78, 5) is 0. The van der Waals surface area contributed by atoms with Crippen molar-refractivity contribution in [2.24, 2.45) is 5.10 Å². The number of hydrazone groups is 1. The van der Waals surface area contributed by atoms with E-state index in [-0.39, 0.29) is 12.3 Å². The standard InChI is InChI=1S/C21H18N2O2S/c1-24-16-8-6-14(7-9-16)18-12-19-17-4-2-3-5-20(17)25-21(23(19)22-18)15-10-11-26-13-15/h2-11,13,19,21H,12H2,1H3/t19-,21+/m0/s1. The maximum atomic E-state index is 6.32. The lowest BCUT2D eigenvalue weighted by atomic mass is 9.96. The molecular formula is C21H18N2O2S. The van der Waals surface area contributed by atoms with Crippen molar-refractivity contribution in [3.8, 4) is 11.5 Å². The number of thiophene rings is 1. The summed E-state index contributed by atoms with van der Waals surface area (Å²) in [5.41, 5.74) is 4.56. The van der Waals surface area contributed by atoms with Crippen LogP contribution in [0.3, 0.4) is 0 Å². The van der Waals surface area contributed by atoms with E-state index in [0.717, 1.165) is 34.8 Å². The first kappa shape index (κ1) is 15.5. The molecule has 0 fully saturated rings. The second-order valence-electron chi connectivity index (χ2n) is 6.44. The van der Waals surface area contributed by atoms with E-state index < -0.39 is 0 Å². The molecule has 5 rings (SSSR count). The predicted octanol–water partition coefficient (Wildman–Crippen LogP) is 5.00. The molecule has 0 saturated carbocycles. The lowest BCUT2D eigenvalue weighted by molar-refractivity contribution is -0.0187. The minimum atomic E-state index is -0.183. The Kier molecular flexibility index (Phi) is 3.68. The van der Waals surface area contributed by atoms with Gasteiger partial charge < -0.3 is 9.47 Å². The predicted molar refractivity (Wildman–Crippen MR) is 103 cm³/mol. The highest BCUT2D eigenvalue weighted by atomic mass is 32.1. The van der Waals surface area contributed by atoms with Crippen LogP contribution >= 0.6 is 11.3 Å². The van der Waals surface area contributed by atoms with E-state index in [9.17, 15) is 0 Å². The number of para-hydroxylation sites is 1. The lowest BCUT2D eigenvalue weighted by Gasteiger charge is -2.37. The van der Waals surface area contributed by atoms with E-state index in [4.69, 9.17) is 14.6 Å². The summed E-state index contributed by atoms with van der Waals surface area (Å²) in [6.07, 6.45) is 0.685. The van der Waals surface area contributed by atoms with Gasteiger partial charge in [0.15, 0.2) is 0 Å². The van der Waals surface area contributed by atoms with Crippen molar-refractivity contribution in [1.29, 1.82) is 0 Å². The quantitative estimate of drug-likeness (QED) is 0.658. The number of hydrogen-bond acceptors (Lipinski definition) is 5. The third-order valence-corrected chi connectivity index (χ3v) is 5.65. The second kappa shape index (κ2) is 6.18. The third-order valence-electron chi connectivity index (χ3n) is 4.95. The van der Waals surface area contributed by atoms with Crippen LogP contribution in [-0.2, 0) is 0 Å². The lowest BCUT2D eigenvalue weighted by Crippen LogP contribution is -2.33. The fourth-order valence-corrected chi connectivity index (χ4v) is 4.29. The Balaban J connectivity index is 1.56. The largest absolute Gasteiger partial charge is 0.497 e. The van der Waals surface area contributed by atoms with Gasteiger partial charge in [-0.25, -0.2) is 5.01 Å². The Bertz CT molecular complexity index is 950. The summed E-state index contributed by atoms with van der Waals surface area (Å²) in [5, 5.41) is 11.3. The number of ether oxygens (including phenoxy) is 2. The molecular weight excluding hydrogens is 344 g/mol. The molecule has 130 valence electrons. The van der Waals surface area contributed by atoms with Gasteiger partial charge in [0, 0.05) is 17.5 Å².